The Bertz CT molecular complexity index is 934. The Hall–Kier alpha value is -2.30. The Balaban J connectivity index is 1.65. The molecule has 0 heterocycles. The molecule has 0 aliphatic heterocycles. The molecule has 27 heavy (non-hydrogen) atoms. The third-order valence-electron chi connectivity index (χ3n) is 6.11. The van der Waals surface area contributed by atoms with E-state index in [-0.39, 0.29) is 34.6 Å². The summed E-state index contributed by atoms with van der Waals surface area (Å²) < 4.78 is 62.0. The quantitative estimate of drug-likeness (QED) is 0.583. The van der Waals surface area contributed by atoms with Crippen LogP contribution in [0.3, 0.4) is 0 Å². The van der Waals surface area contributed by atoms with E-state index in [2.05, 4.69) is 0 Å². The highest BCUT2D eigenvalue weighted by Crippen LogP contribution is 2.55. The molecule has 3 unspecified atom stereocenters. The predicted octanol–water partition coefficient (Wildman–Crippen LogP) is 6.16. The number of hydrogen-bond donors (Lipinski definition) is 0. The molecule has 0 spiro atoms. The molecule has 142 valence electrons. The first kappa shape index (κ1) is 18.1. The lowest BCUT2D eigenvalue weighted by Gasteiger charge is -2.22. The van der Waals surface area contributed by atoms with Gasteiger partial charge in [-0.1, -0.05) is 18.2 Å². The molecule has 2 aliphatic carbocycles. The van der Waals surface area contributed by atoms with Crippen molar-refractivity contribution < 1.29 is 22.3 Å². The van der Waals surface area contributed by atoms with Crippen molar-refractivity contribution in [3.8, 4) is 5.75 Å². The minimum Gasteiger partial charge on any atom is -0.494 e. The molecule has 4 rings (SSSR count). The van der Waals surface area contributed by atoms with Crippen molar-refractivity contribution in [3.05, 3.63) is 70.3 Å². The van der Waals surface area contributed by atoms with Gasteiger partial charge in [0.2, 0.25) is 5.82 Å². The molecule has 0 saturated heterocycles. The number of methoxy groups -OCH3 is 1. The van der Waals surface area contributed by atoms with E-state index in [0.29, 0.717) is 18.4 Å². The summed E-state index contributed by atoms with van der Waals surface area (Å²) in [5.41, 5.74) is 1.67. The fourth-order valence-electron chi connectivity index (χ4n) is 4.75. The van der Waals surface area contributed by atoms with Gasteiger partial charge in [-0.25, -0.2) is 13.2 Å². The SMILES string of the molecule is COc1ccc(C2=CCC3C2CCC3c2ccc(C)c(F)c2F)c(F)c1F. The maximum absolute atomic E-state index is 14.5. The first-order chi connectivity index (χ1) is 12.9. The van der Waals surface area contributed by atoms with Crippen LogP contribution in [0.25, 0.3) is 5.57 Å². The van der Waals surface area contributed by atoms with Gasteiger partial charge in [0.15, 0.2) is 23.2 Å². The Kier molecular flexibility index (Phi) is 4.49. The molecule has 0 radical (unpaired) electrons. The van der Waals surface area contributed by atoms with Gasteiger partial charge in [-0.3, -0.25) is 0 Å². The van der Waals surface area contributed by atoms with Gasteiger partial charge in [0.25, 0.3) is 0 Å². The maximum Gasteiger partial charge on any atom is 0.201 e. The molecule has 0 N–H and O–H groups in total. The van der Waals surface area contributed by atoms with E-state index in [1.807, 2.05) is 6.08 Å². The summed E-state index contributed by atoms with van der Waals surface area (Å²) in [6.45, 7) is 1.54. The first-order valence-electron chi connectivity index (χ1n) is 9.11. The number of hydrogen-bond acceptors (Lipinski definition) is 1. The Morgan fingerprint density at radius 2 is 1.59 bits per heavy atom. The average molecular weight is 376 g/mol. The monoisotopic (exact) mass is 376 g/mol. The molecule has 2 aromatic rings. The summed E-state index contributed by atoms with van der Waals surface area (Å²) in [6, 6.07) is 6.21. The van der Waals surface area contributed by atoms with Crippen LogP contribution in [0.5, 0.6) is 5.75 Å². The fraction of sp³-hybridized carbons (Fsp3) is 0.364. The number of ether oxygens (including phenoxy) is 1. The highest BCUT2D eigenvalue weighted by atomic mass is 19.2. The third-order valence-corrected chi connectivity index (χ3v) is 6.11. The summed E-state index contributed by atoms with van der Waals surface area (Å²) in [5.74, 6) is -3.67. The number of benzene rings is 2. The molecule has 1 saturated carbocycles. The van der Waals surface area contributed by atoms with E-state index in [1.165, 1.54) is 26.2 Å². The van der Waals surface area contributed by atoms with E-state index < -0.39 is 23.3 Å². The summed E-state index contributed by atoms with van der Waals surface area (Å²) in [6.07, 6.45) is 4.00. The number of fused-ring (bicyclic) bond motifs is 1. The third kappa shape index (κ3) is 2.75. The molecule has 2 aliphatic rings. The van der Waals surface area contributed by atoms with Crippen molar-refractivity contribution in [2.75, 3.05) is 7.11 Å². The molecule has 0 amide bonds. The van der Waals surface area contributed by atoms with Crippen LogP contribution in [0.15, 0.2) is 30.3 Å². The van der Waals surface area contributed by atoms with E-state index in [0.717, 1.165) is 12.0 Å². The number of aryl methyl sites for hydroxylation is 1. The second kappa shape index (κ2) is 6.70. The zero-order valence-electron chi connectivity index (χ0n) is 15.2. The maximum atomic E-state index is 14.5. The van der Waals surface area contributed by atoms with Crippen LogP contribution >= 0.6 is 0 Å². The van der Waals surface area contributed by atoms with Gasteiger partial charge in [-0.15, -0.1) is 0 Å². The summed E-state index contributed by atoms with van der Waals surface area (Å²) >= 11 is 0. The van der Waals surface area contributed by atoms with E-state index >= 15 is 0 Å². The zero-order chi connectivity index (χ0) is 19.3. The Morgan fingerprint density at radius 3 is 2.33 bits per heavy atom. The standard InChI is InChI=1S/C22H20F4O/c1-11-3-4-16(20(24)19(11)23)14-7-5-13-12(14)6-8-15(13)17-9-10-18(27-2)22(26)21(17)25/h3-4,8-10,12-14H,5-7H2,1-2H3. The molecule has 1 nitrogen and oxygen atoms in total. The van der Waals surface area contributed by atoms with Crippen LogP contribution in [-0.2, 0) is 0 Å². The van der Waals surface area contributed by atoms with Gasteiger partial charge in [0.05, 0.1) is 7.11 Å². The van der Waals surface area contributed by atoms with Crippen molar-refractivity contribution in [2.45, 2.75) is 32.1 Å². The zero-order valence-corrected chi connectivity index (χ0v) is 15.2. The van der Waals surface area contributed by atoms with Crippen molar-refractivity contribution in [1.29, 1.82) is 0 Å². The lowest BCUT2D eigenvalue weighted by Crippen LogP contribution is -2.13. The first-order valence-corrected chi connectivity index (χ1v) is 9.11. The van der Waals surface area contributed by atoms with Crippen molar-refractivity contribution >= 4 is 5.57 Å². The average Bonchev–Trinajstić information content (AvgIpc) is 3.25. The second-order valence-corrected chi connectivity index (χ2v) is 7.39. The lowest BCUT2D eigenvalue weighted by molar-refractivity contribution is 0.371. The minimum absolute atomic E-state index is 0.0149. The van der Waals surface area contributed by atoms with Crippen molar-refractivity contribution in [2.24, 2.45) is 11.8 Å². The number of rotatable bonds is 3. The Morgan fingerprint density at radius 1 is 0.852 bits per heavy atom. The summed E-state index contributed by atoms with van der Waals surface area (Å²) in [7, 11) is 1.29. The molecule has 5 heteroatoms. The normalized spacial score (nSPS) is 24.1. The molecule has 2 aromatic carbocycles. The van der Waals surface area contributed by atoms with Crippen LogP contribution in [0.4, 0.5) is 17.6 Å². The Labute approximate surface area is 155 Å². The minimum atomic E-state index is -0.999. The van der Waals surface area contributed by atoms with E-state index in [1.54, 1.807) is 12.1 Å². The summed E-state index contributed by atoms with van der Waals surface area (Å²) in [4.78, 5) is 0. The highest BCUT2D eigenvalue weighted by Gasteiger charge is 2.43. The molecule has 0 bridgehead atoms. The van der Waals surface area contributed by atoms with Crippen molar-refractivity contribution in [3.63, 3.8) is 0 Å². The van der Waals surface area contributed by atoms with Crippen LogP contribution in [-0.4, -0.2) is 7.11 Å². The molecule has 3 atom stereocenters. The van der Waals surface area contributed by atoms with Gasteiger partial charge in [-0.05, 0) is 72.8 Å². The van der Waals surface area contributed by atoms with Gasteiger partial charge in [0, 0.05) is 5.56 Å². The van der Waals surface area contributed by atoms with Gasteiger partial charge >= 0.3 is 0 Å². The smallest absolute Gasteiger partial charge is 0.201 e. The lowest BCUT2D eigenvalue weighted by atomic mass is 9.83. The molecule has 0 aromatic heterocycles. The summed E-state index contributed by atoms with van der Waals surface area (Å²) in [5, 5.41) is 0. The van der Waals surface area contributed by atoms with Crippen LogP contribution in [0.2, 0.25) is 0 Å². The number of halogens is 4. The number of allylic oxidation sites excluding steroid dienone is 2. The topological polar surface area (TPSA) is 9.23 Å². The van der Waals surface area contributed by atoms with Crippen molar-refractivity contribution in [1.82, 2.24) is 0 Å². The van der Waals surface area contributed by atoms with E-state index in [9.17, 15) is 17.6 Å². The van der Waals surface area contributed by atoms with Gasteiger partial charge < -0.3 is 4.74 Å². The van der Waals surface area contributed by atoms with E-state index in [4.69, 9.17) is 4.74 Å². The molecule has 1 fully saturated rings. The molecular formula is C22H20F4O. The largest absolute Gasteiger partial charge is 0.494 e. The second-order valence-electron chi connectivity index (χ2n) is 7.39. The molecular weight excluding hydrogens is 356 g/mol. The van der Waals surface area contributed by atoms with Crippen LogP contribution in [0, 0.1) is 42.0 Å². The van der Waals surface area contributed by atoms with Gasteiger partial charge in [-0.2, -0.15) is 4.39 Å². The van der Waals surface area contributed by atoms with Gasteiger partial charge in [0.1, 0.15) is 0 Å². The highest BCUT2D eigenvalue weighted by molar-refractivity contribution is 5.71. The fourth-order valence-corrected chi connectivity index (χ4v) is 4.75. The van der Waals surface area contributed by atoms with Crippen LogP contribution in [0.1, 0.15) is 41.9 Å². The van der Waals surface area contributed by atoms with Crippen LogP contribution < -0.4 is 4.74 Å². The predicted molar refractivity (Wildman–Crippen MR) is 95.6 cm³/mol.